The number of pyridine rings is 1. The zero-order valence-electron chi connectivity index (χ0n) is 9.68. The van der Waals surface area contributed by atoms with Crippen molar-refractivity contribution >= 4 is 5.82 Å². The molecule has 5 heteroatoms. The molecular weight excluding hydrogens is 214 g/mol. The fourth-order valence-corrected chi connectivity index (χ4v) is 1.09. The molecule has 0 fully saturated rings. The minimum absolute atomic E-state index is 0.0163. The van der Waals surface area contributed by atoms with Crippen LogP contribution in [0.2, 0.25) is 0 Å². The predicted molar refractivity (Wildman–Crippen MR) is 58.6 cm³/mol. The Morgan fingerprint density at radius 2 is 2.06 bits per heavy atom. The maximum absolute atomic E-state index is 13.3. The lowest BCUT2D eigenvalue weighted by Gasteiger charge is -2.11. The zero-order chi connectivity index (χ0) is 12.1. The molecule has 0 aliphatic heterocycles. The normalized spacial score (nSPS) is 10.6. The molecule has 0 unspecified atom stereocenters. The van der Waals surface area contributed by atoms with Gasteiger partial charge >= 0.3 is 0 Å². The first-order chi connectivity index (χ1) is 7.54. The summed E-state index contributed by atoms with van der Waals surface area (Å²) in [5.41, 5.74) is 0. The maximum atomic E-state index is 13.3. The van der Waals surface area contributed by atoms with Gasteiger partial charge in [-0.25, -0.2) is 8.78 Å². The van der Waals surface area contributed by atoms with E-state index in [1.807, 2.05) is 13.8 Å². The number of nitrogens with zero attached hydrogens (tertiary/aromatic N) is 1. The molecule has 90 valence electrons. The van der Waals surface area contributed by atoms with E-state index >= 15 is 0 Å². The Balaban J connectivity index is 2.86. The smallest absolute Gasteiger partial charge is 0.252 e. The third kappa shape index (κ3) is 3.32. The molecule has 0 spiro atoms. The van der Waals surface area contributed by atoms with Gasteiger partial charge in [-0.2, -0.15) is 4.98 Å². The monoisotopic (exact) mass is 230 g/mol. The van der Waals surface area contributed by atoms with Crippen molar-refractivity contribution in [2.45, 2.75) is 20.8 Å². The van der Waals surface area contributed by atoms with Gasteiger partial charge in [0.15, 0.2) is 17.5 Å². The molecular formula is C11H16F2N2O. The van der Waals surface area contributed by atoms with Gasteiger partial charge in [0.25, 0.3) is 5.88 Å². The molecule has 0 bridgehead atoms. The fourth-order valence-electron chi connectivity index (χ4n) is 1.09. The summed E-state index contributed by atoms with van der Waals surface area (Å²) in [5, 5.41) is 2.70. The molecule has 0 radical (unpaired) electrons. The summed E-state index contributed by atoms with van der Waals surface area (Å²) in [4.78, 5) is 3.75. The zero-order valence-corrected chi connectivity index (χ0v) is 9.68. The van der Waals surface area contributed by atoms with Crippen molar-refractivity contribution in [3.8, 4) is 5.88 Å². The number of ether oxygens (including phenoxy) is 1. The van der Waals surface area contributed by atoms with Crippen LogP contribution in [0.1, 0.15) is 20.8 Å². The first kappa shape index (κ1) is 12.7. The number of hydrogen-bond acceptors (Lipinski definition) is 3. The van der Waals surface area contributed by atoms with Gasteiger partial charge in [-0.15, -0.1) is 0 Å². The van der Waals surface area contributed by atoms with Crippen LogP contribution in [-0.4, -0.2) is 18.1 Å². The van der Waals surface area contributed by atoms with Gasteiger partial charge < -0.3 is 10.1 Å². The van der Waals surface area contributed by atoms with E-state index < -0.39 is 11.6 Å². The van der Waals surface area contributed by atoms with Crippen LogP contribution in [0.4, 0.5) is 14.6 Å². The predicted octanol–water partition coefficient (Wildman–Crippen LogP) is 2.83. The van der Waals surface area contributed by atoms with Crippen molar-refractivity contribution in [3.05, 3.63) is 17.7 Å². The molecule has 0 saturated carbocycles. The van der Waals surface area contributed by atoms with Crippen LogP contribution < -0.4 is 10.1 Å². The van der Waals surface area contributed by atoms with Gasteiger partial charge in [0.1, 0.15) is 0 Å². The summed E-state index contributed by atoms with van der Waals surface area (Å²) >= 11 is 0. The average Bonchev–Trinajstić information content (AvgIpc) is 2.20. The Hall–Kier alpha value is -1.39. The van der Waals surface area contributed by atoms with Crippen LogP contribution in [0, 0.1) is 17.6 Å². The summed E-state index contributed by atoms with van der Waals surface area (Å²) in [6.07, 6.45) is 0. The molecule has 1 aromatic heterocycles. The first-order valence-corrected chi connectivity index (χ1v) is 5.27. The topological polar surface area (TPSA) is 34.2 Å². The van der Waals surface area contributed by atoms with Gasteiger partial charge in [0.05, 0.1) is 6.61 Å². The lowest BCUT2D eigenvalue weighted by Crippen LogP contribution is -2.10. The molecule has 0 aromatic carbocycles. The van der Waals surface area contributed by atoms with Gasteiger partial charge in [0.2, 0.25) is 0 Å². The second-order valence-corrected chi connectivity index (χ2v) is 3.84. The minimum Gasteiger partial charge on any atom is -0.475 e. The lowest BCUT2D eigenvalue weighted by atomic mass is 10.2. The van der Waals surface area contributed by atoms with Crippen molar-refractivity contribution in [2.75, 3.05) is 18.5 Å². The molecule has 1 aromatic rings. The van der Waals surface area contributed by atoms with E-state index in [1.54, 1.807) is 6.92 Å². The van der Waals surface area contributed by atoms with Crippen LogP contribution in [0.3, 0.4) is 0 Å². The molecule has 3 nitrogen and oxygen atoms in total. The molecule has 16 heavy (non-hydrogen) atoms. The highest BCUT2D eigenvalue weighted by atomic mass is 19.1. The molecule has 0 saturated heterocycles. The van der Waals surface area contributed by atoms with Crippen molar-refractivity contribution < 1.29 is 13.5 Å². The van der Waals surface area contributed by atoms with E-state index in [4.69, 9.17) is 4.74 Å². The highest BCUT2D eigenvalue weighted by Crippen LogP contribution is 2.21. The molecule has 1 N–H and O–H groups in total. The summed E-state index contributed by atoms with van der Waals surface area (Å²) in [6, 6.07) is 0.778. The van der Waals surface area contributed by atoms with Gasteiger partial charge in [-0.3, -0.25) is 0 Å². The van der Waals surface area contributed by atoms with E-state index in [-0.39, 0.29) is 17.6 Å². The standard InChI is InChI=1S/C11H16F2N2O/c1-4-14-10-8(12)5-9(13)11(15-10)16-6-7(2)3/h5,7H,4,6H2,1-3H3,(H,14,15). The Bertz CT molecular complexity index is 356. The molecule has 0 aliphatic carbocycles. The van der Waals surface area contributed by atoms with Gasteiger partial charge in [-0.05, 0) is 12.8 Å². The Morgan fingerprint density at radius 1 is 1.38 bits per heavy atom. The van der Waals surface area contributed by atoms with Crippen molar-refractivity contribution in [1.29, 1.82) is 0 Å². The third-order valence-electron chi connectivity index (χ3n) is 1.79. The van der Waals surface area contributed by atoms with E-state index in [0.29, 0.717) is 13.2 Å². The molecule has 0 aliphatic rings. The minimum atomic E-state index is -0.778. The van der Waals surface area contributed by atoms with E-state index in [2.05, 4.69) is 10.3 Å². The molecule has 1 heterocycles. The van der Waals surface area contributed by atoms with Gasteiger partial charge in [-0.1, -0.05) is 13.8 Å². The van der Waals surface area contributed by atoms with Crippen molar-refractivity contribution in [2.24, 2.45) is 5.92 Å². The molecule has 0 atom stereocenters. The lowest BCUT2D eigenvalue weighted by molar-refractivity contribution is 0.248. The van der Waals surface area contributed by atoms with Crippen molar-refractivity contribution in [1.82, 2.24) is 4.98 Å². The number of aromatic nitrogens is 1. The summed E-state index contributed by atoms with van der Waals surface area (Å²) in [6.45, 7) is 6.54. The summed E-state index contributed by atoms with van der Waals surface area (Å²) in [5.74, 6) is -1.38. The quantitative estimate of drug-likeness (QED) is 0.844. The number of anilines is 1. The van der Waals surface area contributed by atoms with E-state index in [9.17, 15) is 8.78 Å². The number of rotatable bonds is 5. The van der Waals surface area contributed by atoms with E-state index in [0.717, 1.165) is 6.07 Å². The van der Waals surface area contributed by atoms with Crippen molar-refractivity contribution in [3.63, 3.8) is 0 Å². The van der Waals surface area contributed by atoms with Gasteiger partial charge in [0, 0.05) is 12.6 Å². The van der Waals surface area contributed by atoms with Crippen LogP contribution in [0.25, 0.3) is 0 Å². The number of halogens is 2. The Morgan fingerprint density at radius 3 is 2.62 bits per heavy atom. The highest BCUT2D eigenvalue weighted by molar-refractivity contribution is 5.39. The largest absolute Gasteiger partial charge is 0.475 e. The van der Waals surface area contributed by atoms with Crippen LogP contribution in [0.15, 0.2) is 6.07 Å². The van der Waals surface area contributed by atoms with Crippen LogP contribution in [-0.2, 0) is 0 Å². The average molecular weight is 230 g/mol. The molecule has 1 rings (SSSR count). The summed E-state index contributed by atoms with van der Waals surface area (Å²) < 4.78 is 31.6. The van der Waals surface area contributed by atoms with Crippen LogP contribution >= 0.6 is 0 Å². The maximum Gasteiger partial charge on any atom is 0.252 e. The second-order valence-electron chi connectivity index (χ2n) is 3.84. The summed E-state index contributed by atoms with van der Waals surface area (Å²) in [7, 11) is 0. The second kappa shape index (κ2) is 5.63. The molecule has 0 amide bonds. The van der Waals surface area contributed by atoms with Crippen LogP contribution in [0.5, 0.6) is 5.88 Å². The SMILES string of the molecule is CCNc1nc(OCC(C)C)c(F)cc1F. The number of hydrogen-bond donors (Lipinski definition) is 1. The first-order valence-electron chi connectivity index (χ1n) is 5.27. The fraction of sp³-hybridized carbons (Fsp3) is 0.545. The van der Waals surface area contributed by atoms with E-state index in [1.165, 1.54) is 0 Å². The Labute approximate surface area is 93.8 Å². The number of nitrogens with one attached hydrogen (secondary N) is 1. The highest BCUT2D eigenvalue weighted by Gasteiger charge is 2.12. The Kier molecular flexibility index (Phi) is 4.46. The third-order valence-corrected chi connectivity index (χ3v) is 1.79.